The third kappa shape index (κ3) is 1.38. The summed E-state index contributed by atoms with van der Waals surface area (Å²) < 4.78 is 4.96. The Balaban J connectivity index is 2.57. The number of hydrogen-bond donors (Lipinski definition) is 0. The van der Waals surface area contributed by atoms with E-state index in [0.717, 1.165) is 11.3 Å². The van der Waals surface area contributed by atoms with Gasteiger partial charge in [-0.3, -0.25) is 0 Å². The van der Waals surface area contributed by atoms with Crippen molar-refractivity contribution in [1.82, 2.24) is 5.16 Å². The van der Waals surface area contributed by atoms with E-state index in [-0.39, 0.29) is 0 Å². The lowest BCUT2D eigenvalue weighted by Crippen LogP contribution is -1.82. The van der Waals surface area contributed by atoms with Crippen molar-refractivity contribution in [3.05, 3.63) is 41.7 Å². The third-order valence-corrected chi connectivity index (χ3v) is 1.95. The van der Waals surface area contributed by atoms with E-state index in [1.165, 1.54) is 0 Å². The molecule has 0 saturated carbocycles. The number of nitriles is 1. The van der Waals surface area contributed by atoms with Gasteiger partial charge in [0.1, 0.15) is 11.5 Å². The quantitative estimate of drug-likeness (QED) is 0.684. The molecule has 0 amide bonds. The molecule has 1 aromatic heterocycles. The predicted octanol–water partition coefficient (Wildman–Crippen LogP) is 2.52. The van der Waals surface area contributed by atoms with Gasteiger partial charge in [0.05, 0.1) is 11.6 Å². The van der Waals surface area contributed by atoms with Crippen LogP contribution >= 0.6 is 0 Å². The van der Waals surface area contributed by atoms with Gasteiger partial charge in [0, 0.05) is 11.6 Å². The van der Waals surface area contributed by atoms with Crippen LogP contribution in [0.15, 0.2) is 34.9 Å². The lowest BCUT2D eigenvalue weighted by molar-refractivity contribution is 0.399. The minimum absolute atomic E-state index is 0.612. The molecule has 0 saturated heterocycles. The van der Waals surface area contributed by atoms with Crippen molar-refractivity contribution in [2.45, 2.75) is 6.92 Å². The molecule has 0 N–H and O–H groups in total. The first-order chi connectivity index (χ1) is 6.81. The average molecular weight is 184 g/mol. The number of aromatic nitrogens is 1. The maximum Gasteiger partial charge on any atom is 0.134 e. The molecule has 0 bridgehead atoms. The van der Waals surface area contributed by atoms with Gasteiger partial charge in [-0.2, -0.15) is 5.26 Å². The van der Waals surface area contributed by atoms with Gasteiger partial charge in [0.15, 0.2) is 0 Å². The summed E-state index contributed by atoms with van der Waals surface area (Å²) in [6, 6.07) is 11.3. The molecule has 3 heteroatoms. The van der Waals surface area contributed by atoms with Gasteiger partial charge < -0.3 is 4.52 Å². The van der Waals surface area contributed by atoms with Crippen molar-refractivity contribution in [3.63, 3.8) is 0 Å². The first kappa shape index (κ1) is 8.52. The normalized spacial score (nSPS) is 9.71. The minimum Gasteiger partial charge on any atom is -0.361 e. The van der Waals surface area contributed by atoms with Crippen LogP contribution in [0.4, 0.5) is 0 Å². The minimum atomic E-state index is 0.612. The smallest absolute Gasteiger partial charge is 0.134 e. The lowest BCUT2D eigenvalue weighted by atomic mass is 10.1. The molecule has 2 rings (SSSR count). The van der Waals surface area contributed by atoms with Crippen LogP contribution in [0.25, 0.3) is 11.3 Å². The first-order valence-electron chi connectivity index (χ1n) is 4.24. The third-order valence-electron chi connectivity index (χ3n) is 1.95. The van der Waals surface area contributed by atoms with Crippen molar-refractivity contribution in [1.29, 1.82) is 5.26 Å². The van der Waals surface area contributed by atoms with Crippen LogP contribution in [-0.2, 0) is 0 Å². The summed E-state index contributed by atoms with van der Waals surface area (Å²) in [4.78, 5) is 0. The Morgan fingerprint density at radius 2 is 2.14 bits per heavy atom. The molecule has 1 aromatic carbocycles. The SMILES string of the molecule is Cc1cc(-c2ccccc2C#N)no1. The number of nitrogens with zero attached hydrogens (tertiary/aromatic N) is 2. The van der Waals surface area contributed by atoms with E-state index in [0.29, 0.717) is 11.3 Å². The van der Waals surface area contributed by atoms with E-state index in [9.17, 15) is 0 Å². The molecule has 0 radical (unpaired) electrons. The second kappa shape index (κ2) is 3.35. The summed E-state index contributed by atoms with van der Waals surface area (Å²) in [5.41, 5.74) is 2.13. The molecule has 0 atom stereocenters. The molecule has 0 unspecified atom stereocenters. The van der Waals surface area contributed by atoms with Crippen molar-refractivity contribution < 1.29 is 4.52 Å². The van der Waals surface area contributed by atoms with Gasteiger partial charge in [-0.15, -0.1) is 0 Å². The van der Waals surface area contributed by atoms with Gasteiger partial charge in [0.2, 0.25) is 0 Å². The summed E-state index contributed by atoms with van der Waals surface area (Å²) in [6.45, 7) is 1.82. The number of benzene rings is 1. The van der Waals surface area contributed by atoms with Gasteiger partial charge in [-0.1, -0.05) is 23.4 Å². The topological polar surface area (TPSA) is 49.8 Å². The summed E-state index contributed by atoms with van der Waals surface area (Å²) in [5, 5.41) is 12.7. The molecule has 3 nitrogen and oxygen atoms in total. The van der Waals surface area contributed by atoms with Crippen LogP contribution in [0.1, 0.15) is 11.3 Å². The van der Waals surface area contributed by atoms with Crippen LogP contribution in [0.2, 0.25) is 0 Å². The fraction of sp³-hybridized carbons (Fsp3) is 0.0909. The molecule has 14 heavy (non-hydrogen) atoms. The molecule has 1 heterocycles. The van der Waals surface area contributed by atoms with E-state index >= 15 is 0 Å². The predicted molar refractivity (Wildman–Crippen MR) is 51.4 cm³/mol. The van der Waals surface area contributed by atoms with Crippen LogP contribution < -0.4 is 0 Å². The highest BCUT2D eigenvalue weighted by Gasteiger charge is 2.07. The monoisotopic (exact) mass is 184 g/mol. The zero-order valence-corrected chi connectivity index (χ0v) is 7.69. The standard InChI is InChI=1S/C11H8N2O/c1-8-6-11(13-14-8)10-5-3-2-4-9(10)7-12/h2-6H,1H3. The molecular weight excluding hydrogens is 176 g/mol. The molecule has 0 aliphatic carbocycles. The van der Waals surface area contributed by atoms with E-state index in [2.05, 4.69) is 11.2 Å². The number of aryl methyl sites for hydroxylation is 1. The molecule has 0 fully saturated rings. The fourth-order valence-electron chi connectivity index (χ4n) is 1.30. The maximum atomic E-state index is 8.88. The molecule has 0 aliphatic rings. The van der Waals surface area contributed by atoms with Crippen molar-refractivity contribution in [3.8, 4) is 17.3 Å². The second-order valence-electron chi connectivity index (χ2n) is 2.98. The van der Waals surface area contributed by atoms with Gasteiger partial charge in [-0.05, 0) is 13.0 Å². The summed E-state index contributed by atoms with van der Waals surface area (Å²) >= 11 is 0. The largest absolute Gasteiger partial charge is 0.361 e. The molecule has 68 valence electrons. The Labute approximate surface area is 81.6 Å². The fourth-order valence-corrected chi connectivity index (χ4v) is 1.30. The highest BCUT2D eigenvalue weighted by molar-refractivity contribution is 5.66. The second-order valence-corrected chi connectivity index (χ2v) is 2.98. The van der Waals surface area contributed by atoms with Crippen LogP contribution in [0.3, 0.4) is 0 Å². The summed E-state index contributed by atoms with van der Waals surface area (Å²) in [7, 11) is 0. The Morgan fingerprint density at radius 1 is 1.36 bits per heavy atom. The van der Waals surface area contributed by atoms with E-state index in [1.807, 2.05) is 31.2 Å². The van der Waals surface area contributed by atoms with Gasteiger partial charge in [-0.25, -0.2) is 0 Å². The van der Waals surface area contributed by atoms with Gasteiger partial charge >= 0.3 is 0 Å². The zero-order valence-electron chi connectivity index (χ0n) is 7.69. The number of hydrogen-bond acceptors (Lipinski definition) is 3. The Morgan fingerprint density at radius 3 is 2.79 bits per heavy atom. The zero-order chi connectivity index (χ0) is 9.97. The molecular formula is C11H8N2O. The van der Waals surface area contributed by atoms with Crippen LogP contribution in [0, 0.1) is 18.3 Å². The first-order valence-corrected chi connectivity index (χ1v) is 4.24. The van der Waals surface area contributed by atoms with E-state index in [1.54, 1.807) is 6.07 Å². The van der Waals surface area contributed by atoms with Crippen molar-refractivity contribution in [2.75, 3.05) is 0 Å². The Hall–Kier alpha value is -2.08. The average Bonchev–Trinajstić information content (AvgIpc) is 2.65. The van der Waals surface area contributed by atoms with E-state index < -0.39 is 0 Å². The molecule has 0 spiro atoms. The highest BCUT2D eigenvalue weighted by atomic mass is 16.5. The Kier molecular flexibility index (Phi) is 2.04. The lowest BCUT2D eigenvalue weighted by Gasteiger charge is -1.96. The summed E-state index contributed by atoms with van der Waals surface area (Å²) in [6.07, 6.45) is 0. The molecule has 0 aliphatic heterocycles. The van der Waals surface area contributed by atoms with Crippen LogP contribution in [-0.4, -0.2) is 5.16 Å². The molecule has 2 aromatic rings. The highest BCUT2D eigenvalue weighted by Crippen LogP contribution is 2.22. The maximum absolute atomic E-state index is 8.88. The van der Waals surface area contributed by atoms with Crippen molar-refractivity contribution >= 4 is 0 Å². The van der Waals surface area contributed by atoms with E-state index in [4.69, 9.17) is 9.78 Å². The summed E-state index contributed by atoms with van der Waals surface area (Å²) in [5.74, 6) is 0.743. The number of rotatable bonds is 1. The Bertz CT molecular complexity index is 494. The van der Waals surface area contributed by atoms with Crippen molar-refractivity contribution in [2.24, 2.45) is 0 Å². The van der Waals surface area contributed by atoms with Crippen LogP contribution in [0.5, 0.6) is 0 Å². The van der Waals surface area contributed by atoms with Gasteiger partial charge in [0.25, 0.3) is 0 Å².